The van der Waals surface area contributed by atoms with Gasteiger partial charge in [0.25, 0.3) is 5.91 Å². The van der Waals surface area contributed by atoms with E-state index in [1.165, 1.54) is 4.90 Å². The highest BCUT2D eigenvalue weighted by molar-refractivity contribution is 8.01. The van der Waals surface area contributed by atoms with Gasteiger partial charge in [-0.15, -0.1) is 11.8 Å². The van der Waals surface area contributed by atoms with Crippen LogP contribution in [0.25, 0.3) is 0 Å². The highest BCUT2D eigenvalue weighted by Gasteiger charge is 2.64. The first-order chi connectivity index (χ1) is 13.7. The Hall–Kier alpha value is -1.32. The molecule has 29 heavy (non-hydrogen) atoms. The van der Waals surface area contributed by atoms with Crippen LogP contribution in [-0.4, -0.2) is 106 Å². The average Bonchev–Trinajstić information content (AvgIpc) is 3.01. The summed E-state index contributed by atoms with van der Waals surface area (Å²) in [5.41, 5.74) is 0. The van der Waals surface area contributed by atoms with Crippen molar-refractivity contribution in [1.82, 2.24) is 14.7 Å². The molecule has 4 aliphatic heterocycles. The Labute approximate surface area is 176 Å². The Morgan fingerprint density at radius 2 is 2.00 bits per heavy atom. The molecule has 0 radical (unpaired) electrons. The fourth-order valence-electron chi connectivity index (χ4n) is 5.17. The topological polar surface area (TPSA) is 85.7 Å². The SMILES string of the molecule is CN(C)CCOC1CC2CCC(C1)N2C=N[C@@H]1C(=O)N2[C@@H]1SC(C)(C)[C@@H]2C(=O)O. The zero-order valence-corrected chi connectivity index (χ0v) is 18.5. The lowest BCUT2D eigenvalue weighted by Gasteiger charge is -2.42. The molecule has 0 spiro atoms. The predicted octanol–water partition coefficient (Wildman–Crippen LogP) is 1.10. The number of rotatable bonds is 7. The van der Waals surface area contributed by atoms with Crippen molar-refractivity contribution in [3.8, 4) is 0 Å². The summed E-state index contributed by atoms with van der Waals surface area (Å²) in [6.07, 6.45) is 6.48. The number of ether oxygens (including phenoxy) is 1. The first-order valence-corrected chi connectivity index (χ1v) is 11.4. The fourth-order valence-corrected chi connectivity index (χ4v) is 6.79. The van der Waals surface area contributed by atoms with E-state index in [2.05, 4.69) is 28.9 Å². The molecule has 2 unspecified atom stereocenters. The number of aliphatic carboxylic acids is 1. The van der Waals surface area contributed by atoms with E-state index in [4.69, 9.17) is 4.74 Å². The molecule has 0 saturated carbocycles. The van der Waals surface area contributed by atoms with Crippen LogP contribution in [0.3, 0.4) is 0 Å². The molecule has 0 aromatic heterocycles. The smallest absolute Gasteiger partial charge is 0.327 e. The monoisotopic (exact) mass is 424 g/mol. The fraction of sp³-hybridized carbons (Fsp3) is 0.850. The van der Waals surface area contributed by atoms with Gasteiger partial charge in [0, 0.05) is 23.4 Å². The van der Waals surface area contributed by atoms with Crippen molar-refractivity contribution < 1.29 is 19.4 Å². The zero-order valence-electron chi connectivity index (χ0n) is 17.7. The van der Waals surface area contributed by atoms with Gasteiger partial charge in [-0.3, -0.25) is 9.79 Å². The van der Waals surface area contributed by atoms with E-state index < -0.39 is 22.8 Å². The van der Waals surface area contributed by atoms with Crippen molar-refractivity contribution in [1.29, 1.82) is 0 Å². The van der Waals surface area contributed by atoms with Crippen LogP contribution in [-0.2, 0) is 14.3 Å². The average molecular weight is 425 g/mol. The Balaban J connectivity index is 1.35. The van der Waals surface area contributed by atoms with Crippen LogP contribution < -0.4 is 0 Å². The summed E-state index contributed by atoms with van der Waals surface area (Å²) in [5.74, 6) is -1.10. The van der Waals surface area contributed by atoms with Crippen LogP contribution in [0.1, 0.15) is 39.5 Å². The van der Waals surface area contributed by atoms with Crippen LogP contribution in [0.2, 0.25) is 0 Å². The number of fused-ring (bicyclic) bond motifs is 3. The maximum Gasteiger partial charge on any atom is 0.327 e. The van der Waals surface area contributed by atoms with Gasteiger partial charge in [-0.25, -0.2) is 4.79 Å². The standard InChI is InChI=1S/C20H32N4O4S/c1-20(2)16(19(26)27)24-17(25)15(18(24)29-20)21-11-23-12-5-6-13(23)10-14(9-12)28-8-7-22(3)4/h11-16,18H,5-10H2,1-4H3,(H,26,27)/t12?,13?,14?,15-,16+,18-/m1/s1. The second-order valence-corrected chi connectivity index (χ2v) is 11.2. The minimum absolute atomic E-state index is 0.161. The number of carbonyl (C=O) groups excluding carboxylic acids is 1. The van der Waals surface area contributed by atoms with E-state index in [1.54, 1.807) is 11.8 Å². The van der Waals surface area contributed by atoms with Crippen LogP contribution in [0.4, 0.5) is 0 Å². The molecule has 0 aliphatic carbocycles. The summed E-state index contributed by atoms with van der Waals surface area (Å²) in [7, 11) is 4.11. The highest BCUT2D eigenvalue weighted by atomic mass is 32.2. The van der Waals surface area contributed by atoms with Crippen molar-refractivity contribution in [2.75, 3.05) is 27.2 Å². The van der Waals surface area contributed by atoms with Crippen molar-refractivity contribution in [2.24, 2.45) is 4.99 Å². The van der Waals surface area contributed by atoms with Gasteiger partial charge in [0.2, 0.25) is 0 Å². The molecule has 4 aliphatic rings. The summed E-state index contributed by atoms with van der Waals surface area (Å²) >= 11 is 1.55. The molecular formula is C20H32N4O4S. The molecule has 0 aromatic carbocycles. The minimum Gasteiger partial charge on any atom is -0.480 e. The number of likely N-dealkylation sites (N-methyl/N-ethyl adjacent to an activating group) is 1. The van der Waals surface area contributed by atoms with E-state index in [-0.39, 0.29) is 11.3 Å². The molecule has 4 rings (SSSR count). The predicted molar refractivity (Wildman–Crippen MR) is 112 cm³/mol. The van der Waals surface area contributed by atoms with Gasteiger partial charge < -0.3 is 24.5 Å². The van der Waals surface area contributed by atoms with Gasteiger partial charge in [0.1, 0.15) is 11.4 Å². The number of carboxylic acid groups (broad SMARTS) is 1. The van der Waals surface area contributed by atoms with Gasteiger partial charge in [0.05, 0.1) is 19.0 Å². The largest absolute Gasteiger partial charge is 0.480 e. The van der Waals surface area contributed by atoms with Crippen LogP contribution >= 0.6 is 11.8 Å². The number of nitrogens with zero attached hydrogens (tertiary/aromatic N) is 4. The van der Waals surface area contributed by atoms with E-state index in [9.17, 15) is 14.7 Å². The lowest BCUT2D eigenvalue weighted by Crippen LogP contribution is -2.65. The van der Waals surface area contributed by atoms with Crippen LogP contribution in [0.15, 0.2) is 4.99 Å². The van der Waals surface area contributed by atoms with E-state index >= 15 is 0 Å². The van der Waals surface area contributed by atoms with Gasteiger partial charge >= 0.3 is 5.97 Å². The number of aliphatic imine (C=N–C) groups is 1. The normalized spacial score (nSPS) is 38.0. The maximum atomic E-state index is 12.6. The summed E-state index contributed by atoms with van der Waals surface area (Å²) in [5, 5.41) is 9.37. The van der Waals surface area contributed by atoms with Crippen molar-refractivity contribution in [3.05, 3.63) is 0 Å². The Morgan fingerprint density at radius 3 is 2.59 bits per heavy atom. The molecule has 4 heterocycles. The zero-order chi connectivity index (χ0) is 20.9. The molecule has 2 bridgehead atoms. The molecule has 1 N–H and O–H groups in total. The first kappa shape index (κ1) is 20.9. The molecule has 8 nitrogen and oxygen atoms in total. The molecule has 4 fully saturated rings. The minimum atomic E-state index is -0.935. The van der Waals surface area contributed by atoms with Crippen molar-refractivity contribution >= 4 is 30.0 Å². The Bertz CT molecular complexity index is 686. The number of carbonyl (C=O) groups is 2. The summed E-state index contributed by atoms with van der Waals surface area (Å²) in [4.78, 5) is 34.8. The lowest BCUT2D eigenvalue weighted by atomic mass is 9.96. The van der Waals surface area contributed by atoms with Crippen LogP contribution in [0, 0.1) is 0 Å². The Morgan fingerprint density at radius 1 is 1.34 bits per heavy atom. The molecule has 1 amide bonds. The number of piperidine rings is 1. The third kappa shape index (κ3) is 3.77. The molecule has 0 aromatic rings. The lowest BCUT2D eigenvalue weighted by molar-refractivity contribution is -0.158. The first-order valence-electron chi connectivity index (χ1n) is 10.5. The third-order valence-electron chi connectivity index (χ3n) is 6.65. The van der Waals surface area contributed by atoms with Gasteiger partial charge in [-0.05, 0) is 53.6 Å². The van der Waals surface area contributed by atoms with E-state index in [1.807, 2.05) is 20.2 Å². The van der Waals surface area contributed by atoms with Gasteiger partial charge in [-0.2, -0.15) is 0 Å². The second kappa shape index (κ2) is 7.74. The van der Waals surface area contributed by atoms with Gasteiger partial charge in [-0.1, -0.05) is 0 Å². The highest BCUT2D eigenvalue weighted by Crippen LogP contribution is 2.51. The number of β-lactam (4-membered cyclic amide) rings is 1. The van der Waals surface area contributed by atoms with Crippen molar-refractivity contribution in [3.63, 3.8) is 0 Å². The Kier molecular flexibility index (Phi) is 5.59. The third-order valence-corrected chi connectivity index (χ3v) is 8.20. The molecule has 4 saturated heterocycles. The van der Waals surface area contributed by atoms with E-state index in [0.29, 0.717) is 18.2 Å². The summed E-state index contributed by atoms with van der Waals surface area (Å²) < 4.78 is 5.58. The summed E-state index contributed by atoms with van der Waals surface area (Å²) in [6, 6.07) is -0.389. The number of hydrogen-bond donors (Lipinski definition) is 1. The van der Waals surface area contributed by atoms with Crippen molar-refractivity contribution in [2.45, 2.75) is 79.9 Å². The number of amides is 1. The number of thioether (sulfide) groups is 1. The number of carboxylic acids is 1. The second-order valence-electron chi connectivity index (χ2n) is 9.41. The van der Waals surface area contributed by atoms with E-state index in [0.717, 1.165) is 38.8 Å². The van der Waals surface area contributed by atoms with Crippen LogP contribution in [0.5, 0.6) is 0 Å². The summed E-state index contributed by atoms with van der Waals surface area (Å²) in [6.45, 7) is 5.48. The quantitative estimate of drug-likeness (QED) is 0.372. The maximum absolute atomic E-state index is 12.6. The molecular weight excluding hydrogens is 392 g/mol. The number of hydrogen-bond acceptors (Lipinski definition) is 6. The molecule has 9 heteroatoms. The molecule has 5 atom stereocenters. The molecule has 162 valence electrons. The van der Waals surface area contributed by atoms with Gasteiger partial charge in [0.15, 0.2) is 6.04 Å².